The number of carbonyl (C=O) groups is 4. The van der Waals surface area contributed by atoms with Crippen molar-refractivity contribution >= 4 is 46.8 Å². The van der Waals surface area contributed by atoms with Crippen LogP contribution in [0.15, 0.2) is 47.2 Å². The molecule has 11 N–H and O–H groups in total. The molecule has 1 aliphatic heterocycles. The number of carboxylic acids is 3. The molecule has 1 aliphatic rings. The van der Waals surface area contributed by atoms with E-state index in [0.29, 0.717) is 26.9 Å². The minimum absolute atomic E-state index is 0.253. The molecule has 0 aliphatic carbocycles. The van der Waals surface area contributed by atoms with Crippen molar-refractivity contribution < 1.29 is 48.4 Å². The first kappa shape index (κ1) is 34.0. The molecule has 0 amide bonds. The van der Waals surface area contributed by atoms with E-state index in [4.69, 9.17) is 48.4 Å². The van der Waals surface area contributed by atoms with Gasteiger partial charge in [0.05, 0.1) is 34.9 Å². The van der Waals surface area contributed by atoms with Crippen LogP contribution in [0.1, 0.15) is 22.2 Å². The Bertz CT molecular complexity index is 1540. The van der Waals surface area contributed by atoms with Crippen LogP contribution in [0.5, 0.6) is 0 Å². The molecular formula is C28H32ClN5O10S. The highest BCUT2D eigenvalue weighted by Crippen LogP contribution is 2.47. The number of hydrogen-bond donors (Lipinski definition) is 7. The number of benzene rings is 1. The molecule has 15 nitrogen and oxygen atoms in total. The maximum Gasteiger partial charge on any atom is 0.320 e. The number of carbonyl (C=O) groups excluding carboxylic acids is 1. The summed E-state index contributed by atoms with van der Waals surface area (Å²) in [7, 11) is 0. The van der Waals surface area contributed by atoms with Gasteiger partial charge in [0, 0.05) is 29.5 Å². The predicted octanol–water partition coefficient (Wildman–Crippen LogP) is 0.673. The molecule has 2 aromatic heterocycles. The number of esters is 1. The van der Waals surface area contributed by atoms with Crippen molar-refractivity contribution in [3.8, 4) is 10.6 Å². The molecule has 8 atom stereocenters. The second kappa shape index (κ2) is 14.5. The summed E-state index contributed by atoms with van der Waals surface area (Å²) in [4.78, 5) is 53.8. The van der Waals surface area contributed by atoms with E-state index in [1.165, 1.54) is 17.4 Å². The lowest BCUT2D eigenvalue weighted by Gasteiger charge is -2.50. The highest BCUT2D eigenvalue weighted by molar-refractivity contribution is 7.15. The highest BCUT2D eigenvalue weighted by atomic mass is 35.5. The van der Waals surface area contributed by atoms with Crippen molar-refractivity contribution in [2.24, 2.45) is 40.7 Å². The molecular weight excluding hydrogens is 634 g/mol. The number of aromatic nitrogens is 1. The number of hydrogen-bond acceptors (Lipinski definition) is 13. The van der Waals surface area contributed by atoms with Crippen LogP contribution in [0.2, 0.25) is 5.02 Å². The fourth-order valence-electron chi connectivity index (χ4n) is 5.63. The molecule has 1 saturated heterocycles. The minimum atomic E-state index is -1.84. The van der Waals surface area contributed by atoms with Crippen LogP contribution in [0, 0.1) is 17.8 Å². The van der Waals surface area contributed by atoms with Gasteiger partial charge >= 0.3 is 23.9 Å². The van der Waals surface area contributed by atoms with Crippen LogP contribution in [0.4, 0.5) is 0 Å². The average Bonchev–Trinajstić information content (AvgIpc) is 3.71. The fraction of sp³-hybridized carbons (Fsp3) is 0.393. The van der Waals surface area contributed by atoms with Gasteiger partial charge in [0.25, 0.3) is 0 Å². The third kappa shape index (κ3) is 7.50. The monoisotopic (exact) mass is 665 g/mol. The van der Waals surface area contributed by atoms with Gasteiger partial charge in [-0.15, -0.1) is 11.3 Å². The molecule has 3 unspecified atom stereocenters. The van der Waals surface area contributed by atoms with Gasteiger partial charge in [0.2, 0.25) is 0 Å². The largest absolute Gasteiger partial charge is 0.480 e. The number of carboxylic acid groups (broad SMARTS) is 3. The summed E-state index contributed by atoms with van der Waals surface area (Å²) in [6, 6.07) is 2.83. The molecule has 1 fully saturated rings. The lowest BCUT2D eigenvalue weighted by molar-refractivity contribution is -0.196. The maximum atomic E-state index is 12.3. The number of furan rings is 1. The van der Waals surface area contributed by atoms with Crippen molar-refractivity contribution in [3.63, 3.8) is 0 Å². The Hall–Kier alpha value is -3.90. The zero-order valence-electron chi connectivity index (χ0n) is 23.5. The van der Waals surface area contributed by atoms with Gasteiger partial charge in [0.1, 0.15) is 30.5 Å². The van der Waals surface area contributed by atoms with Crippen molar-refractivity contribution in [1.82, 2.24) is 4.98 Å². The van der Waals surface area contributed by atoms with Crippen LogP contribution in [-0.4, -0.2) is 81.6 Å². The summed E-state index contributed by atoms with van der Waals surface area (Å²) in [5, 5.41) is 30.8. The first-order chi connectivity index (χ1) is 21.3. The quantitative estimate of drug-likeness (QED) is 0.124. The number of thiazole rings is 1. The summed E-state index contributed by atoms with van der Waals surface area (Å²) in [5.74, 6) is -9.19. The molecule has 0 radical (unpaired) electrons. The van der Waals surface area contributed by atoms with Crippen LogP contribution in [0.3, 0.4) is 0 Å². The number of halogens is 1. The highest BCUT2D eigenvalue weighted by Gasteiger charge is 2.56. The summed E-state index contributed by atoms with van der Waals surface area (Å²) in [6.45, 7) is -1.08. The first-order valence-corrected chi connectivity index (χ1v) is 14.8. The SMILES string of the molecule is NCC(=O)OC[C@@H]1O[C@H](c2ccc(Cl)c(Cc3ncc(-c4ccco4)s3)c2)[C@H](C(N)C(=O)O)[C@@H](C(N)C(=O)O)[C@@H]1C(N)C(=O)O. The Morgan fingerprint density at radius 2 is 1.62 bits per heavy atom. The Morgan fingerprint density at radius 3 is 2.22 bits per heavy atom. The number of nitrogens with zero attached hydrogens (tertiary/aromatic N) is 1. The van der Waals surface area contributed by atoms with Gasteiger partial charge in [0.15, 0.2) is 0 Å². The number of rotatable bonds is 13. The number of aliphatic carboxylic acids is 3. The van der Waals surface area contributed by atoms with E-state index in [1.807, 2.05) is 0 Å². The molecule has 0 spiro atoms. The van der Waals surface area contributed by atoms with Crippen molar-refractivity contribution in [2.45, 2.75) is 36.8 Å². The standard InChI is InChI=1S/C28H32ClN5O10S/c29-13-4-3-11(6-12(13)7-17-34-9-16(45-17)14-2-1-5-42-14)25-21(24(33)28(40)41)20(23(32)27(38)39)19(22(31)26(36)37)15(44-25)10-43-18(35)8-30/h1-6,9,15,19-25H,7-8,10,30-33H2,(H,36,37)(H,38,39)(H,40,41)/t15-,19+,20-,21-,22?,23?,24?,25+/m0/s1. The van der Waals surface area contributed by atoms with Crippen LogP contribution >= 0.6 is 22.9 Å². The second-order valence-electron chi connectivity index (χ2n) is 10.4. The molecule has 1 aromatic carbocycles. The van der Waals surface area contributed by atoms with Gasteiger partial charge in [-0.05, 0) is 35.2 Å². The Morgan fingerprint density at radius 1 is 0.978 bits per heavy atom. The number of ether oxygens (including phenoxy) is 2. The van der Waals surface area contributed by atoms with Crippen LogP contribution in [-0.2, 0) is 35.1 Å². The molecule has 3 aromatic rings. The van der Waals surface area contributed by atoms with Crippen molar-refractivity contribution in [1.29, 1.82) is 0 Å². The molecule has 17 heteroatoms. The van der Waals surface area contributed by atoms with Crippen LogP contribution in [0.25, 0.3) is 10.6 Å². The topological polar surface area (TPSA) is 278 Å². The third-order valence-electron chi connectivity index (χ3n) is 7.72. The van der Waals surface area contributed by atoms with Crippen molar-refractivity contribution in [3.05, 3.63) is 63.9 Å². The maximum absolute atomic E-state index is 12.3. The zero-order chi connectivity index (χ0) is 33.0. The van der Waals surface area contributed by atoms with E-state index >= 15 is 0 Å². The summed E-state index contributed by atoms with van der Waals surface area (Å²) in [6.07, 6.45) is 0.816. The molecule has 4 rings (SSSR count). The van der Waals surface area contributed by atoms with E-state index in [0.717, 1.165) is 4.88 Å². The van der Waals surface area contributed by atoms with Gasteiger partial charge in [-0.3, -0.25) is 19.2 Å². The number of nitrogens with two attached hydrogens (primary N) is 4. The minimum Gasteiger partial charge on any atom is -0.480 e. The second-order valence-corrected chi connectivity index (χ2v) is 12.0. The molecule has 45 heavy (non-hydrogen) atoms. The molecule has 242 valence electrons. The molecule has 0 saturated carbocycles. The summed E-state index contributed by atoms with van der Waals surface area (Å²) in [5.41, 5.74) is 24.5. The Labute approximate surface area is 265 Å². The van der Waals surface area contributed by atoms with Gasteiger partial charge in [-0.1, -0.05) is 23.7 Å². The average molecular weight is 666 g/mol. The third-order valence-corrected chi connectivity index (χ3v) is 9.10. The Kier molecular flexibility index (Phi) is 10.9. The van der Waals surface area contributed by atoms with E-state index in [1.54, 1.807) is 36.7 Å². The van der Waals surface area contributed by atoms with E-state index in [2.05, 4.69) is 4.98 Å². The summed E-state index contributed by atoms with van der Waals surface area (Å²) < 4.78 is 16.9. The predicted molar refractivity (Wildman–Crippen MR) is 159 cm³/mol. The molecule has 0 bridgehead atoms. The normalized spacial score (nSPS) is 23.5. The lowest BCUT2D eigenvalue weighted by atomic mass is 9.64. The van der Waals surface area contributed by atoms with E-state index in [9.17, 15) is 34.5 Å². The fourth-order valence-corrected chi connectivity index (χ4v) is 6.72. The van der Waals surface area contributed by atoms with Gasteiger partial charge < -0.3 is 52.1 Å². The van der Waals surface area contributed by atoms with Crippen LogP contribution < -0.4 is 22.9 Å². The van der Waals surface area contributed by atoms with Crippen molar-refractivity contribution in [2.75, 3.05) is 13.2 Å². The smallest absolute Gasteiger partial charge is 0.320 e. The zero-order valence-corrected chi connectivity index (χ0v) is 25.1. The van der Waals surface area contributed by atoms with E-state index in [-0.39, 0.29) is 6.42 Å². The molecule has 3 heterocycles. The Balaban J connectivity index is 1.81. The lowest BCUT2D eigenvalue weighted by Crippen LogP contribution is -2.64. The van der Waals surface area contributed by atoms with E-state index < -0.39 is 85.1 Å². The van der Waals surface area contributed by atoms with Gasteiger partial charge in [-0.25, -0.2) is 4.98 Å². The summed E-state index contributed by atoms with van der Waals surface area (Å²) >= 11 is 7.91. The van der Waals surface area contributed by atoms with Gasteiger partial charge in [-0.2, -0.15) is 0 Å². The first-order valence-electron chi connectivity index (χ1n) is 13.6.